The van der Waals surface area contributed by atoms with Crippen molar-refractivity contribution in [1.82, 2.24) is 0 Å². The van der Waals surface area contributed by atoms with Gasteiger partial charge in [-0.05, 0) is 6.42 Å². The molecule has 0 aromatic carbocycles. The lowest BCUT2D eigenvalue weighted by atomic mass is 10.6. The summed E-state index contributed by atoms with van der Waals surface area (Å²) in [6.45, 7) is 9.50. The van der Waals surface area contributed by atoms with Crippen molar-refractivity contribution in [3.63, 3.8) is 0 Å². The van der Waals surface area contributed by atoms with Crippen LogP contribution in [0.3, 0.4) is 0 Å². The van der Waals surface area contributed by atoms with Gasteiger partial charge in [-0.25, -0.2) is 0 Å². The van der Waals surface area contributed by atoms with E-state index in [1.165, 1.54) is 0 Å². The quantitative estimate of drug-likeness (QED) is 0.437. The Bertz CT molecular complexity index is 93.1. The van der Waals surface area contributed by atoms with E-state index in [-0.39, 0.29) is 0 Å². The Kier molecular flexibility index (Phi) is 4.82. The molecule has 0 bridgehead atoms. The van der Waals surface area contributed by atoms with Gasteiger partial charge in [0.1, 0.15) is 8.80 Å². The summed E-state index contributed by atoms with van der Waals surface area (Å²) < 4.78 is 0. The van der Waals surface area contributed by atoms with Gasteiger partial charge < -0.3 is 0 Å². The lowest BCUT2D eigenvalue weighted by Gasteiger charge is -2.09. The first-order valence-corrected chi connectivity index (χ1v) is 5.59. The van der Waals surface area contributed by atoms with Gasteiger partial charge in [-0.15, -0.1) is 24.8 Å². The fraction of sp³-hybridized carbons (Fsp3) is 0.429. The maximum atomic E-state index is 5.95. The van der Waals surface area contributed by atoms with Crippen LogP contribution in [0.5, 0.6) is 0 Å². The standard InChI is InChI=1S/C7H13ClSi/c1-4-7(8)9(5-2)6-3/h5-7,9H,2-4H2,1H3. The molecule has 52 valence electrons. The van der Waals surface area contributed by atoms with Crippen LogP contribution in [0.15, 0.2) is 24.6 Å². The van der Waals surface area contributed by atoms with Gasteiger partial charge in [0.05, 0.1) is 0 Å². The van der Waals surface area contributed by atoms with Crippen LogP contribution < -0.4 is 0 Å². The molecule has 0 aliphatic heterocycles. The van der Waals surface area contributed by atoms with E-state index in [1.807, 2.05) is 11.4 Å². The van der Waals surface area contributed by atoms with Crippen LogP contribution in [0.2, 0.25) is 0 Å². The minimum atomic E-state index is -0.993. The minimum absolute atomic E-state index is 0.306. The van der Waals surface area contributed by atoms with Crippen molar-refractivity contribution in [1.29, 1.82) is 0 Å². The summed E-state index contributed by atoms with van der Waals surface area (Å²) >= 11 is 5.95. The van der Waals surface area contributed by atoms with Crippen molar-refractivity contribution in [2.45, 2.75) is 18.3 Å². The van der Waals surface area contributed by atoms with Crippen molar-refractivity contribution in [2.75, 3.05) is 0 Å². The molecule has 0 amide bonds. The zero-order chi connectivity index (χ0) is 7.28. The topological polar surface area (TPSA) is 0 Å². The van der Waals surface area contributed by atoms with Crippen molar-refractivity contribution < 1.29 is 0 Å². The summed E-state index contributed by atoms with van der Waals surface area (Å²) in [5, 5.41) is 0.306. The number of halogens is 1. The molecule has 9 heavy (non-hydrogen) atoms. The molecule has 0 spiro atoms. The zero-order valence-corrected chi connectivity index (χ0v) is 7.72. The summed E-state index contributed by atoms with van der Waals surface area (Å²) in [7, 11) is -0.993. The SMILES string of the molecule is C=C[SiH](C=C)C(Cl)CC. The molecular formula is C7H13ClSi. The molecule has 0 aliphatic carbocycles. The van der Waals surface area contributed by atoms with Crippen LogP contribution in [-0.4, -0.2) is 13.8 Å². The van der Waals surface area contributed by atoms with Gasteiger partial charge in [-0.1, -0.05) is 18.3 Å². The molecule has 0 rings (SSSR count). The fourth-order valence-electron chi connectivity index (χ4n) is 0.664. The van der Waals surface area contributed by atoms with E-state index in [1.54, 1.807) is 0 Å². The van der Waals surface area contributed by atoms with E-state index in [0.29, 0.717) is 5.00 Å². The number of rotatable bonds is 4. The second kappa shape index (κ2) is 4.83. The lowest BCUT2D eigenvalue weighted by Crippen LogP contribution is -2.20. The Morgan fingerprint density at radius 2 is 2.00 bits per heavy atom. The Labute approximate surface area is 63.8 Å². The maximum Gasteiger partial charge on any atom is 0.103 e. The molecule has 0 radical (unpaired) electrons. The first-order valence-electron chi connectivity index (χ1n) is 3.15. The fourth-order valence-corrected chi connectivity index (χ4v) is 2.61. The van der Waals surface area contributed by atoms with Gasteiger partial charge in [0.15, 0.2) is 0 Å². The first kappa shape index (κ1) is 8.99. The van der Waals surface area contributed by atoms with Gasteiger partial charge in [0, 0.05) is 5.00 Å². The third kappa shape index (κ3) is 2.87. The molecule has 0 aliphatic rings. The van der Waals surface area contributed by atoms with Crippen LogP contribution in [0.4, 0.5) is 0 Å². The van der Waals surface area contributed by atoms with E-state index < -0.39 is 8.80 Å². The molecule has 0 aromatic rings. The first-order chi connectivity index (χ1) is 4.26. The van der Waals surface area contributed by atoms with Gasteiger partial charge in [-0.2, -0.15) is 0 Å². The molecule has 0 fully saturated rings. The summed E-state index contributed by atoms with van der Waals surface area (Å²) in [5.74, 6) is 0. The summed E-state index contributed by atoms with van der Waals surface area (Å²) in [4.78, 5) is 0. The molecule has 2 heteroatoms. The second-order valence-corrected chi connectivity index (χ2v) is 5.86. The summed E-state index contributed by atoms with van der Waals surface area (Å²) in [6, 6.07) is 0. The largest absolute Gasteiger partial charge is 0.126 e. The highest BCUT2D eigenvalue weighted by atomic mass is 35.5. The Morgan fingerprint density at radius 3 is 2.11 bits per heavy atom. The van der Waals surface area contributed by atoms with Crippen LogP contribution in [-0.2, 0) is 0 Å². The van der Waals surface area contributed by atoms with Gasteiger partial charge >= 0.3 is 0 Å². The maximum absolute atomic E-state index is 5.95. The van der Waals surface area contributed by atoms with E-state index in [0.717, 1.165) is 6.42 Å². The van der Waals surface area contributed by atoms with Crippen LogP contribution >= 0.6 is 11.6 Å². The molecule has 1 atom stereocenters. The molecule has 0 nitrogen and oxygen atoms in total. The van der Waals surface area contributed by atoms with Crippen molar-refractivity contribution in [3.05, 3.63) is 24.6 Å². The lowest BCUT2D eigenvalue weighted by molar-refractivity contribution is 1.02. The van der Waals surface area contributed by atoms with E-state index in [9.17, 15) is 0 Å². The average Bonchev–Trinajstić information content (AvgIpc) is 1.90. The van der Waals surface area contributed by atoms with Crippen molar-refractivity contribution >= 4 is 20.4 Å². The molecule has 0 saturated carbocycles. The third-order valence-corrected chi connectivity index (χ3v) is 4.93. The van der Waals surface area contributed by atoms with E-state index in [4.69, 9.17) is 11.6 Å². The summed E-state index contributed by atoms with van der Waals surface area (Å²) in [5.41, 5.74) is 3.93. The zero-order valence-electron chi connectivity index (χ0n) is 5.81. The predicted molar refractivity (Wildman–Crippen MR) is 47.5 cm³/mol. The summed E-state index contributed by atoms with van der Waals surface area (Å²) in [6.07, 6.45) is 1.02. The van der Waals surface area contributed by atoms with Crippen molar-refractivity contribution in [2.24, 2.45) is 0 Å². The highest BCUT2D eigenvalue weighted by molar-refractivity contribution is 6.77. The Morgan fingerprint density at radius 1 is 1.56 bits per heavy atom. The van der Waals surface area contributed by atoms with Crippen molar-refractivity contribution in [3.8, 4) is 0 Å². The van der Waals surface area contributed by atoms with Gasteiger partial charge in [-0.3, -0.25) is 0 Å². The average molecular weight is 161 g/mol. The molecule has 0 saturated heterocycles. The Balaban J connectivity index is 3.77. The number of alkyl halides is 1. The predicted octanol–water partition coefficient (Wildman–Crippen LogP) is 2.22. The third-order valence-electron chi connectivity index (χ3n) is 1.35. The van der Waals surface area contributed by atoms with Crippen LogP contribution in [0.1, 0.15) is 13.3 Å². The number of hydrogen-bond acceptors (Lipinski definition) is 0. The van der Waals surface area contributed by atoms with Crippen LogP contribution in [0.25, 0.3) is 0 Å². The normalized spacial score (nSPS) is 13.2. The van der Waals surface area contributed by atoms with Gasteiger partial charge in [0.2, 0.25) is 0 Å². The van der Waals surface area contributed by atoms with Crippen LogP contribution in [0, 0.1) is 0 Å². The molecule has 0 N–H and O–H groups in total. The monoisotopic (exact) mass is 160 g/mol. The second-order valence-electron chi connectivity index (χ2n) is 1.97. The minimum Gasteiger partial charge on any atom is -0.126 e. The molecular weight excluding hydrogens is 148 g/mol. The molecule has 0 heterocycles. The molecule has 0 aromatic heterocycles. The van der Waals surface area contributed by atoms with E-state index >= 15 is 0 Å². The van der Waals surface area contributed by atoms with Gasteiger partial charge in [0.25, 0.3) is 0 Å². The Hall–Kier alpha value is -0.0131. The molecule has 1 unspecified atom stereocenters. The smallest absolute Gasteiger partial charge is 0.103 e. The number of hydrogen-bond donors (Lipinski definition) is 0. The highest BCUT2D eigenvalue weighted by Crippen LogP contribution is 2.06. The van der Waals surface area contributed by atoms with E-state index in [2.05, 4.69) is 20.1 Å². The highest BCUT2D eigenvalue weighted by Gasteiger charge is 2.10.